The predicted molar refractivity (Wildman–Crippen MR) is 242 cm³/mol. The molecule has 63 heavy (non-hydrogen) atoms. The van der Waals surface area contributed by atoms with Gasteiger partial charge in [-0.15, -0.1) is 10.2 Å². The highest BCUT2D eigenvalue weighted by Crippen LogP contribution is 2.41. The molecule has 2 unspecified atom stereocenters. The first-order valence-electron chi connectivity index (χ1n) is 22.6. The van der Waals surface area contributed by atoms with Crippen LogP contribution in [0, 0.1) is 11.3 Å². The Morgan fingerprint density at radius 1 is 0.889 bits per heavy atom. The zero-order valence-corrected chi connectivity index (χ0v) is 36.8. The molecule has 14 heteroatoms. The van der Waals surface area contributed by atoms with E-state index >= 15 is 0 Å². The molecule has 2 aliphatic heterocycles. The van der Waals surface area contributed by atoms with E-state index in [2.05, 4.69) is 74.4 Å². The van der Waals surface area contributed by atoms with Gasteiger partial charge in [0, 0.05) is 49.3 Å². The average molecular weight is 871 g/mol. The zero-order valence-electron chi connectivity index (χ0n) is 36.0. The maximum atomic E-state index is 13.1. The van der Waals surface area contributed by atoms with Crippen LogP contribution < -0.4 is 19.9 Å². The van der Waals surface area contributed by atoms with Crippen molar-refractivity contribution in [2.75, 3.05) is 30.0 Å². The maximum Gasteiger partial charge on any atom is 0.414 e. The summed E-state index contributed by atoms with van der Waals surface area (Å²) < 4.78 is 20.7. The number of benzene rings is 3. The van der Waals surface area contributed by atoms with E-state index in [-0.39, 0.29) is 48.4 Å². The van der Waals surface area contributed by atoms with Gasteiger partial charge >= 0.3 is 6.09 Å². The van der Waals surface area contributed by atoms with Gasteiger partial charge in [-0.1, -0.05) is 41.9 Å². The number of nitrogens with one attached hydrogen (secondary N) is 1. The number of aromatic nitrogens is 4. The fourth-order valence-corrected chi connectivity index (χ4v) is 10.4. The van der Waals surface area contributed by atoms with Crippen LogP contribution in [0.25, 0.3) is 11.0 Å². The number of hydrogen-bond donors (Lipinski definition) is 1. The van der Waals surface area contributed by atoms with Crippen molar-refractivity contribution in [1.82, 2.24) is 25.1 Å². The SMILES string of the molecule is COC(=O)N1c2ccc3c(nc(Cc4ccccc4)n3C3CCCC(OC4CCN(c5ccc(C(=O)NC6CCC(Oc7ccc(C#N)c(Cl)c7)CC6)nn5)CC4)C3)c2CC[C@@H]1C. The van der Waals surface area contributed by atoms with Crippen molar-refractivity contribution in [3.05, 3.63) is 106 Å². The van der Waals surface area contributed by atoms with E-state index in [0.29, 0.717) is 22.0 Å². The van der Waals surface area contributed by atoms with Crippen molar-refractivity contribution < 1.29 is 23.8 Å². The van der Waals surface area contributed by atoms with Crippen LogP contribution in [0.3, 0.4) is 0 Å². The van der Waals surface area contributed by atoms with Gasteiger partial charge in [-0.3, -0.25) is 9.69 Å². The van der Waals surface area contributed by atoms with Crippen LogP contribution in [0.15, 0.2) is 72.8 Å². The number of carbonyl (C=O) groups is 2. The molecule has 13 nitrogen and oxygen atoms in total. The molecule has 3 fully saturated rings. The second-order valence-electron chi connectivity index (χ2n) is 17.6. The summed E-state index contributed by atoms with van der Waals surface area (Å²) in [6.45, 7) is 3.69. The molecule has 1 saturated heterocycles. The fourth-order valence-electron chi connectivity index (χ4n) is 10.2. The fraction of sp³-hybridized carbons (Fsp3) is 0.469. The number of amides is 2. The number of carbonyl (C=O) groups excluding carboxylic acids is 2. The van der Waals surface area contributed by atoms with E-state index in [1.807, 2.05) is 12.1 Å². The summed E-state index contributed by atoms with van der Waals surface area (Å²) in [6.07, 6.45) is 11.5. The number of halogens is 1. The van der Waals surface area contributed by atoms with Crippen LogP contribution in [-0.2, 0) is 22.3 Å². The third kappa shape index (κ3) is 9.34. The number of ether oxygens (including phenoxy) is 3. The number of piperidine rings is 1. The first-order chi connectivity index (χ1) is 30.7. The number of rotatable bonds is 10. The van der Waals surface area contributed by atoms with Crippen molar-refractivity contribution in [1.29, 1.82) is 5.26 Å². The molecule has 2 amide bonds. The number of fused-ring (bicyclic) bond motifs is 3. The Hall–Kier alpha value is -5.71. The summed E-state index contributed by atoms with van der Waals surface area (Å²) >= 11 is 6.18. The molecule has 2 aromatic heterocycles. The van der Waals surface area contributed by atoms with E-state index in [9.17, 15) is 9.59 Å². The molecule has 1 N–H and O–H groups in total. The van der Waals surface area contributed by atoms with Crippen LogP contribution in [0.4, 0.5) is 16.3 Å². The second kappa shape index (κ2) is 19.0. The first kappa shape index (κ1) is 42.6. The van der Waals surface area contributed by atoms with Crippen LogP contribution in [0.1, 0.15) is 117 Å². The van der Waals surface area contributed by atoms with Crippen LogP contribution in [-0.4, -0.2) is 82.3 Å². The molecule has 328 valence electrons. The Bertz CT molecular complexity index is 2460. The number of nitrogens with zero attached hydrogens (tertiary/aromatic N) is 7. The lowest BCUT2D eigenvalue weighted by molar-refractivity contribution is -0.0477. The normalized spacial score (nSPS) is 22.9. The largest absolute Gasteiger partial charge is 0.490 e. The summed E-state index contributed by atoms with van der Waals surface area (Å²) in [7, 11) is 1.45. The van der Waals surface area contributed by atoms with E-state index in [4.69, 9.17) is 36.1 Å². The van der Waals surface area contributed by atoms with Crippen molar-refractivity contribution in [2.45, 2.75) is 127 Å². The molecular weight excluding hydrogens is 816 g/mol. The Labute approximate surface area is 373 Å². The molecule has 4 heterocycles. The highest BCUT2D eigenvalue weighted by Gasteiger charge is 2.35. The van der Waals surface area contributed by atoms with Crippen LogP contribution in [0.2, 0.25) is 5.02 Å². The van der Waals surface area contributed by atoms with E-state index in [1.165, 1.54) is 12.7 Å². The molecule has 4 aliphatic rings. The van der Waals surface area contributed by atoms with Crippen LogP contribution >= 0.6 is 11.6 Å². The lowest BCUT2D eigenvalue weighted by Gasteiger charge is -2.37. The van der Waals surface area contributed by atoms with Gasteiger partial charge in [-0.05, 0) is 126 Å². The van der Waals surface area contributed by atoms with Gasteiger partial charge in [-0.2, -0.15) is 5.26 Å². The van der Waals surface area contributed by atoms with Gasteiger partial charge in [0.15, 0.2) is 11.5 Å². The van der Waals surface area contributed by atoms with E-state index < -0.39 is 0 Å². The number of anilines is 2. The van der Waals surface area contributed by atoms with Crippen molar-refractivity contribution >= 4 is 46.1 Å². The molecule has 2 aliphatic carbocycles. The topological polar surface area (TPSA) is 148 Å². The van der Waals surface area contributed by atoms with Crippen LogP contribution in [0.5, 0.6) is 5.75 Å². The Balaban J connectivity index is 0.792. The Kier molecular flexibility index (Phi) is 12.8. The van der Waals surface area contributed by atoms with E-state index in [1.54, 1.807) is 29.2 Å². The Morgan fingerprint density at radius 3 is 2.43 bits per heavy atom. The maximum absolute atomic E-state index is 13.1. The molecule has 5 aromatic rings. The molecule has 3 aromatic carbocycles. The zero-order chi connectivity index (χ0) is 43.5. The number of nitriles is 1. The monoisotopic (exact) mass is 870 g/mol. The number of methoxy groups -OCH3 is 1. The standard InChI is InChI=1S/C49H55ClN8O5/c1-31-11-18-40-43(57(31)49(60)61-2)20-21-44-47(40)53-46(27-32-7-4-3-5-8-32)58(44)35-9-6-10-38(28-35)63-37-23-25-56(26-24-37)45-22-19-42(54-55-45)48(59)52-34-13-16-36(17-14-34)62-39-15-12-33(30-51)41(50)29-39/h3-5,7-8,12,15,19-22,29,31,34-38H,6,9-11,13-14,16-18,23-28H2,1-2H3,(H,52,59)/t31-,34?,35?,36?,38?/m0/s1. The molecule has 0 bridgehead atoms. The van der Waals surface area contributed by atoms with E-state index in [0.717, 1.165) is 130 Å². The molecule has 2 saturated carbocycles. The first-order valence-corrected chi connectivity index (χ1v) is 23.0. The van der Waals surface area contributed by atoms with Crippen molar-refractivity contribution in [3.63, 3.8) is 0 Å². The highest BCUT2D eigenvalue weighted by atomic mass is 35.5. The lowest BCUT2D eigenvalue weighted by atomic mass is 9.91. The van der Waals surface area contributed by atoms with Gasteiger partial charge in [0.2, 0.25) is 0 Å². The third-order valence-corrected chi connectivity index (χ3v) is 13.8. The molecule has 0 spiro atoms. The smallest absolute Gasteiger partial charge is 0.414 e. The Morgan fingerprint density at radius 2 is 1.70 bits per heavy atom. The molecule has 9 rings (SSSR count). The quantitative estimate of drug-likeness (QED) is 0.144. The van der Waals surface area contributed by atoms with Gasteiger partial charge < -0.3 is 29.0 Å². The third-order valence-electron chi connectivity index (χ3n) is 13.5. The van der Waals surface area contributed by atoms with Crippen molar-refractivity contribution in [3.8, 4) is 11.8 Å². The summed E-state index contributed by atoms with van der Waals surface area (Å²) in [6, 6.07) is 26.0. The summed E-state index contributed by atoms with van der Waals surface area (Å²) in [4.78, 5) is 35.4. The highest BCUT2D eigenvalue weighted by molar-refractivity contribution is 6.31. The summed E-state index contributed by atoms with van der Waals surface area (Å²) in [5, 5.41) is 21.4. The number of hydrogen-bond acceptors (Lipinski definition) is 10. The number of aryl methyl sites for hydroxylation is 1. The minimum absolute atomic E-state index is 0.0242. The number of imidazole rings is 1. The average Bonchev–Trinajstić information content (AvgIpc) is 3.68. The minimum atomic E-state index is -0.331. The van der Waals surface area contributed by atoms with Gasteiger partial charge in [0.1, 0.15) is 17.6 Å². The van der Waals surface area contributed by atoms with Gasteiger partial charge in [-0.25, -0.2) is 9.78 Å². The predicted octanol–water partition coefficient (Wildman–Crippen LogP) is 9.14. The minimum Gasteiger partial charge on any atom is -0.490 e. The molecular formula is C49H55ClN8O5. The molecule has 0 radical (unpaired) electrons. The van der Waals surface area contributed by atoms with Crippen molar-refractivity contribution in [2.24, 2.45) is 0 Å². The second-order valence-corrected chi connectivity index (χ2v) is 18.0. The summed E-state index contributed by atoms with van der Waals surface area (Å²) in [5.74, 6) is 2.26. The van der Waals surface area contributed by atoms with Gasteiger partial charge in [0.25, 0.3) is 5.91 Å². The molecule has 3 atom stereocenters. The lowest BCUT2D eigenvalue weighted by Crippen LogP contribution is -2.42. The summed E-state index contributed by atoms with van der Waals surface area (Å²) in [5.41, 5.74) is 6.10. The van der Waals surface area contributed by atoms with Gasteiger partial charge in [0.05, 0.1) is 52.7 Å².